The number of ether oxygens (including phenoxy) is 5. The Hall–Kier alpha value is -1.87. The van der Waals surface area contributed by atoms with Crippen molar-refractivity contribution in [3.63, 3.8) is 0 Å². The van der Waals surface area contributed by atoms with Crippen LogP contribution >= 0.6 is 0 Å². The molecule has 6 N–H and O–H groups in total. The number of phenolic OH excluding ortho intramolecular Hbond substituents is 1. The van der Waals surface area contributed by atoms with Crippen LogP contribution in [0.5, 0.6) is 5.75 Å². The second-order valence-corrected chi connectivity index (χ2v) is 8.34. The molecular formula is C21H30O12. The molecule has 12 nitrogen and oxygen atoms in total. The Morgan fingerprint density at radius 3 is 2.42 bits per heavy atom. The van der Waals surface area contributed by atoms with Gasteiger partial charge in [-0.2, -0.15) is 0 Å². The number of hydrogen-bond donors (Lipinski definition) is 6. The summed E-state index contributed by atoms with van der Waals surface area (Å²) in [7, 11) is 0. The number of carbonyl (C=O) groups excluding carboxylic acids is 1. The van der Waals surface area contributed by atoms with E-state index in [2.05, 4.69) is 0 Å². The van der Waals surface area contributed by atoms with Crippen molar-refractivity contribution in [3.05, 3.63) is 29.8 Å². The molecule has 0 bridgehead atoms. The zero-order valence-corrected chi connectivity index (χ0v) is 18.2. The number of aromatic hydroxyl groups is 1. The highest BCUT2D eigenvalue weighted by Gasteiger charge is 2.54. The Kier molecular flexibility index (Phi) is 8.26. The molecule has 8 unspecified atom stereocenters. The summed E-state index contributed by atoms with van der Waals surface area (Å²) < 4.78 is 27.1. The molecule has 33 heavy (non-hydrogen) atoms. The molecule has 0 saturated carbocycles. The fraction of sp³-hybridized carbons (Fsp3) is 0.667. The van der Waals surface area contributed by atoms with E-state index in [1.54, 1.807) is 13.8 Å². The third-order valence-corrected chi connectivity index (χ3v) is 5.38. The van der Waals surface area contributed by atoms with Gasteiger partial charge in [0.2, 0.25) is 0 Å². The Morgan fingerprint density at radius 2 is 1.82 bits per heavy atom. The predicted molar refractivity (Wildman–Crippen MR) is 108 cm³/mol. The Morgan fingerprint density at radius 1 is 1.15 bits per heavy atom. The van der Waals surface area contributed by atoms with Crippen molar-refractivity contribution in [1.82, 2.24) is 0 Å². The molecule has 2 aliphatic heterocycles. The first-order chi connectivity index (χ1) is 15.6. The quantitative estimate of drug-likeness (QED) is 0.234. The highest BCUT2D eigenvalue weighted by molar-refractivity contribution is 5.89. The van der Waals surface area contributed by atoms with Crippen LogP contribution in [0.2, 0.25) is 0 Å². The maximum atomic E-state index is 12.2. The van der Waals surface area contributed by atoms with E-state index in [-0.39, 0.29) is 17.4 Å². The highest BCUT2D eigenvalue weighted by Crippen LogP contribution is 2.32. The Bertz CT molecular complexity index is 786. The van der Waals surface area contributed by atoms with Crippen LogP contribution < -0.4 is 0 Å². The molecule has 0 amide bonds. The van der Waals surface area contributed by atoms with Crippen LogP contribution in [0.1, 0.15) is 24.2 Å². The van der Waals surface area contributed by atoms with Gasteiger partial charge >= 0.3 is 5.97 Å². The minimum absolute atomic E-state index is 0.0335. The monoisotopic (exact) mass is 474 g/mol. The average molecular weight is 474 g/mol. The van der Waals surface area contributed by atoms with Gasteiger partial charge in [0.15, 0.2) is 18.2 Å². The molecule has 8 atom stereocenters. The summed E-state index contributed by atoms with van der Waals surface area (Å²) in [6.07, 6.45) is -10.2. The third kappa shape index (κ3) is 5.80. The molecule has 1 aromatic rings. The average Bonchev–Trinajstić information content (AvgIpc) is 3.06. The van der Waals surface area contributed by atoms with E-state index in [0.29, 0.717) is 0 Å². The molecule has 2 fully saturated rings. The molecule has 0 aromatic heterocycles. The zero-order valence-electron chi connectivity index (χ0n) is 18.2. The van der Waals surface area contributed by atoms with Gasteiger partial charge in [-0.25, -0.2) is 4.79 Å². The lowest BCUT2D eigenvalue weighted by Gasteiger charge is -2.43. The second-order valence-electron chi connectivity index (χ2n) is 8.34. The van der Waals surface area contributed by atoms with Gasteiger partial charge in [0.25, 0.3) is 0 Å². The van der Waals surface area contributed by atoms with Crippen LogP contribution in [0, 0.1) is 0 Å². The first-order valence-corrected chi connectivity index (χ1v) is 10.5. The van der Waals surface area contributed by atoms with Crippen LogP contribution in [-0.4, -0.2) is 111 Å². The summed E-state index contributed by atoms with van der Waals surface area (Å²) >= 11 is 0. The lowest BCUT2D eigenvalue weighted by Crippen LogP contribution is -2.61. The van der Waals surface area contributed by atoms with Crippen molar-refractivity contribution in [2.45, 2.75) is 68.7 Å². The number of esters is 1. The Balaban J connectivity index is 1.64. The van der Waals surface area contributed by atoms with Gasteiger partial charge in [-0.05, 0) is 38.1 Å². The first kappa shape index (κ1) is 25.7. The smallest absolute Gasteiger partial charge is 0.338 e. The van der Waals surface area contributed by atoms with Gasteiger partial charge < -0.3 is 54.3 Å². The normalized spacial score (nSPS) is 36.8. The second kappa shape index (κ2) is 10.6. The molecule has 0 radical (unpaired) electrons. The maximum Gasteiger partial charge on any atom is 0.338 e. The maximum absolute atomic E-state index is 12.2. The minimum atomic E-state index is -2.02. The molecule has 0 spiro atoms. The number of hydrogen-bond acceptors (Lipinski definition) is 12. The van der Waals surface area contributed by atoms with Gasteiger partial charge in [-0.15, -0.1) is 0 Å². The zero-order chi connectivity index (χ0) is 24.3. The highest BCUT2D eigenvalue weighted by atomic mass is 16.8. The van der Waals surface area contributed by atoms with E-state index in [4.69, 9.17) is 23.7 Å². The molecule has 12 heteroatoms. The number of aliphatic hydroxyl groups is 5. The minimum Gasteiger partial charge on any atom is -0.508 e. The number of phenols is 1. The van der Waals surface area contributed by atoms with Crippen LogP contribution in [0.15, 0.2) is 24.3 Å². The number of aliphatic hydroxyl groups excluding tert-OH is 4. The first-order valence-electron chi connectivity index (χ1n) is 10.5. The molecule has 3 rings (SSSR count). The van der Waals surface area contributed by atoms with Gasteiger partial charge in [0, 0.05) is 0 Å². The SMILES string of the molecule is CC(C)OC1OC(CO)C(O)C(O)C1OC1OCC(O)(COC(=O)c2ccc(O)cc2)C1O. The lowest BCUT2D eigenvalue weighted by molar-refractivity contribution is -0.341. The largest absolute Gasteiger partial charge is 0.508 e. The third-order valence-electron chi connectivity index (χ3n) is 5.38. The molecule has 2 aliphatic rings. The van der Waals surface area contributed by atoms with Gasteiger partial charge in [0.05, 0.1) is 24.9 Å². The summed E-state index contributed by atoms with van der Waals surface area (Å²) in [5.74, 6) is -0.825. The predicted octanol–water partition coefficient (Wildman–Crippen LogP) is -1.75. The van der Waals surface area contributed by atoms with Crippen molar-refractivity contribution in [2.24, 2.45) is 0 Å². The fourth-order valence-corrected chi connectivity index (χ4v) is 3.50. The summed E-state index contributed by atoms with van der Waals surface area (Å²) in [6.45, 7) is 1.75. The molecular weight excluding hydrogens is 444 g/mol. The van der Waals surface area contributed by atoms with Gasteiger partial charge in [0.1, 0.15) is 42.9 Å². The molecule has 186 valence electrons. The Labute approximate surface area is 189 Å². The molecule has 2 saturated heterocycles. The number of benzene rings is 1. The van der Waals surface area contributed by atoms with Crippen molar-refractivity contribution in [1.29, 1.82) is 0 Å². The summed E-state index contributed by atoms with van der Waals surface area (Å²) in [5, 5.41) is 60.6. The van der Waals surface area contributed by atoms with Crippen molar-refractivity contribution in [3.8, 4) is 5.75 Å². The standard InChI is InChI=1S/C21H30O12/c1-10(2)31-19-16(15(25)14(24)13(7-22)32-19)33-20-17(26)21(28,9-30-20)8-29-18(27)11-3-5-12(23)6-4-11/h3-6,10,13-17,19-20,22-26,28H,7-9H2,1-2H3. The van der Waals surface area contributed by atoms with E-state index in [0.717, 1.165) is 0 Å². The number of carbonyl (C=O) groups is 1. The fourth-order valence-electron chi connectivity index (χ4n) is 3.50. The molecule has 1 aromatic carbocycles. The van der Waals surface area contributed by atoms with E-state index in [1.165, 1.54) is 24.3 Å². The van der Waals surface area contributed by atoms with Crippen LogP contribution in [0.4, 0.5) is 0 Å². The topological polar surface area (TPSA) is 185 Å². The van der Waals surface area contributed by atoms with E-state index in [1.807, 2.05) is 0 Å². The van der Waals surface area contributed by atoms with Crippen LogP contribution in [-0.2, 0) is 23.7 Å². The van der Waals surface area contributed by atoms with Crippen LogP contribution in [0.3, 0.4) is 0 Å². The van der Waals surface area contributed by atoms with Crippen molar-refractivity contribution >= 4 is 5.97 Å². The summed E-state index contributed by atoms with van der Waals surface area (Å²) in [4.78, 5) is 12.2. The summed E-state index contributed by atoms with van der Waals surface area (Å²) in [6, 6.07) is 5.26. The molecule has 2 heterocycles. The van der Waals surface area contributed by atoms with E-state index in [9.17, 15) is 35.4 Å². The van der Waals surface area contributed by atoms with Gasteiger partial charge in [-0.1, -0.05) is 0 Å². The lowest BCUT2D eigenvalue weighted by atomic mass is 9.98. The van der Waals surface area contributed by atoms with Gasteiger partial charge in [-0.3, -0.25) is 0 Å². The number of rotatable bonds is 8. The van der Waals surface area contributed by atoms with Crippen molar-refractivity contribution in [2.75, 3.05) is 19.8 Å². The summed E-state index contributed by atoms with van der Waals surface area (Å²) in [5.41, 5.74) is -1.89. The van der Waals surface area contributed by atoms with Crippen LogP contribution in [0.25, 0.3) is 0 Å². The molecule has 0 aliphatic carbocycles. The van der Waals surface area contributed by atoms with E-state index >= 15 is 0 Å². The van der Waals surface area contributed by atoms with E-state index < -0.39 is 74.5 Å². The van der Waals surface area contributed by atoms with Crippen molar-refractivity contribution < 1.29 is 59.1 Å².